The third-order valence-corrected chi connectivity index (χ3v) is 4.36. The van der Waals surface area contributed by atoms with Crippen LogP contribution in [0.15, 0.2) is 29.1 Å². The molecule has 1 aromatic heterocycles. The fourth-order valence-corrected chi connectivity index (χ4v) is 3.21. The summed E-state index contributed by atoms with van der Waals surface area (Å²) in [5, 5.41) is 0. The van der Waals surface area contributed by atoms with Crippen LogP contribution < -0.4 is 15.0 Å². The Morgan fingerprint density at radius 3 is 2.88 bits per heavy atom. The van der Waals surface area contributed by atoms with E-state index in [9.17, 15) is 4.79 Å². The van der Waals surface area contributed by atoms with E-state index in [0.717, 1.165) is 30.2 Å². The minimum absolute atomic E-state index is 0.143. The lowest BCUT2D eigenvalue weighted by molar-refractivity contribution is -0.0374. The Balaban J connectivity index is 1.47. The van der Waals surface area contributed by atoms with Crippen LogP contribution in [0.3, 0.4) is 0 Å². The Bertz CT molecular complexity index is 820. The average Bonchev–Trinajstić information content (AvgIpc) is 2.61. The Labute approximate surface area is 145 Å². The van der Waals surface area contributed by atoms with Gasteiger partial charge in [0.25, 0.3) is 5.56 Å². The van der Waals surface area contributed by atoms with Crippen molar-refractivity contribution < 1.29 is 14.2 Å². The highest BCUT2D eigenvalue weighted by Gasteiger charge is 2.24. The minimum atomic E-state index is -0.224. The molecule has 2 aliphatic rings. The average molecular weight is 343 g/mol. The molecular weight excluding hydrogens is 322 g/mol. The van der Waals surface area contributed by atoms with Crippen molar-refractivity contribution in [2.75, 3.05) is 32.9 Å². The zero-order valence-electron chi connectivity index (χ0n) is 14.2. The molecule has 7 heteroatoms. The van der Waals surface area contributed by atoms with Gasteiger partial charge in [-0.3, -0.25) is 9.69 Å². The number of aromatic nitrogens is 2. The SMILES string of the molecule is Cc1cc(=O)[nH]c(C2CN(Cc3ccc4c(c3)OCCO4)CCO2)n1. The number of morpholine rings is 1. The fourth-order valence-electron chi connectivity index (χ4n) is 3.21. The molecule has 1 aromatic carbocycles. The first-order valence-corrected chi connectivity index (χ1v) is 8.48. The number of nitrogens with zero attached hydrogens (tertiary/aromatic N) is 2. The van der Waals surface area contributed by atoms with Crippen molar-refractivity contribution in [3.05, 3.63) is 51.7 Å². The molecule has 0 aliphatic carbocycles. The zero-order valence-corrected chi connectivity index (χ0v) is 14.2. The summed E-state index contributed by atoms with van der Waals surface area (Å²) in [7, 11) is 0. The highest BCUT2D eigenvalue weighted by Crippen LogP contribution is 2.31. The minimum Gasteiger partial charge on any atom is -0.486 e. The maximum atomic E-state index is 11.7. The van der Waals surface area contributed by atoms with Crippen LogP contribution in [0.5, 0.6) is 11.5 Å². The molecule has 0 bridgehead atoms. The number of aromatic amines is 1. The lowest BCUT2D eigenvalue weighted by Crippen LogP contribution is -2.39. The lowest BCUT2D eigenvalue weighted by Gasteiger charge is -2.32. The van der Waals surface area contributed by atoms with Gasteiger partial charge >= 0.3 is 0 Å². The van der Waals surface area contributed by atoms with Gasteiger partial charge in [0.15, 0.2) is 11.5 Å². The highest BCUT2D eigenvalue weighted by atomic mass is 16.6. The molecule has 0 saturated carbocycles. The molecule has 7 nitrogen and oxygen atoms in total. The number of ether oxygens (including phenoxy) is 3. The second-order valence-electron chi connectivity index (χ2n) is 6.34. The summed E-state index contributed by atoms with van der Waals surface area (Å²) in [5.41, 5.74) is 1.72. The zero-order chi connectivity index (χ0) is 17.2. The van der Waals surface area contributed by atoms with Gasteiger partial charge in [0, 0.05) is 31.4 Å². The standard InChI is InChI=1S/C18H21N3O4/c1-12-8-17(22)20-18(19-12)16-11-21(4-5-23-16)10-13-2-3-14-15(9-13)25-7-6-24-14/h2-3,8-9,16H,4-7,10-11H2,1H3,(H,19,20,22). The molecule has 0 amide bonds. The Morgan fingerprint density at radius 1 is 1.20 bits per heavy atom. The Hall–Kier alpha value is -2.38. The van der Waals surface area contributed by atoms with Crippen LogP contribution in [0.4, 0.5) is 0 Å². The van der Waals surface area contributed by atoms with E-state index in [1.807, 2.05) is 19.1 Å². The van der Waals surface area contributed by atoms with Gasteiger partial charge in [0.2, 0.25) is 0 Å². The van der Waals surface area contributed by atoms with Crippen molar-refractivity contribution >= 4 is 0 Å². The topological polar surface area (TPSA) is 76.7 Å². The molecule has 0 spiro atoms. The first-order chi connectivity index (χ1) is 12.2. The summed E-state index contributed by atoms with van der Waals surface area (Å²) in [6.45, 7) is 5.90. The largest absolute Gasteiger partial charge is 0.486 e. The number of H-pyrrole nitrogens is 1. The predicted octanol–water partition coefficient (Wildman–Crippen LogP) is 1.42. The number of aryl methyl sites for hydroxylation is 1. The maximum absolute atomic E-state index is 11.7. The van der Waals surface area contributed by atoms with Gasteiger partial charge in [-0.05, 0) is 24.6 Å². The van der Waals surface area contributed by atoms with Gasteiger partial charge in [-0.1, -0.05) is 6.07 Å². The number of hydrogen-bond donors (Lipinski definition) is 1. The molecule has 1 fully saturated rings. The van der Waals surface area contributed by atoms with Gasteiger partial charge in [-0.2, -0.15) is 0 Å². The van der Waals surface area contributed by atoms with Crippen LogP contribution in [0.2, 0.25) is 0 Å². The second kappa shape index (κ2) is 6.85. The Kier molecular flexibility index (Phi) is 4.42. The van der Waals surface area contributed by atoms with Gasteiger partial charge in [-0.15, -0.1) is 0 Å². The molecule has 0 radical (unpaired) electrons. The molecule has 1 unspecified atom stereocenters. The van der Waals surface area contributed by atoms with Crippen LogP contribution in [0.1, 0.15) is 23.2 Å². The monoisotopic (exact) mass is 343 g/mol. The highest BCUT2D eigenvalue weighted by molar-refractivity contribution is 5.43. The van der Waals surface area contributed by atoms with Crippen LogP contribution >= 0.6 is 0 Å². The quantitative estimate of drug-likeness (QED) is 0.908. The van der Waals surface area contributed by atoms with E-state index >= 15 is 0 Å². The van der Waals surface area contributed by atoms with E-state index < -0.39 is 0 Å². The van der Waals surface area contributed by atoms with Crippen molar-refractivity contribution in [3.63, 3.8) is 0 Å². The molecular formula is C18H21N3O4. The fraction of sp³-hybridized carbons (Fsp3) is 0.444. The van der Waals surface area contributed by atoms with Crippen molar-refractivity contribution in [2.24, 2.45) is 0 Å². The normalized spacial score (nSPS) is 20.4. The summed E-state index contributed by atoms with van der Waals surface area (Å²) >= 11 is 0. The molecule has 2 aromatic rings. The molecule has 2 aliphatic heterocycles. The molecule has 1 N–H and O–H groups in total. The van der Waals surface area contributed by atoms with E-state index in [0.29, 0.717) is 37.9 Å². The number of rotatable bonds is 3. The van der Waals surface area contributed by atoms with E-state index in [4.69, 9.17) is 14.2 Å². The smallest absolute Gasteiger partial charge is 0.251 e. The molecule has 1 saturated heterocycles. The van der Waals surface area contributed by atoms with E-state index in [2.05, 4.69) is 20.9 Å². The van der Waals surface area contributed by atoms with Gasteiger partial charge in [0.05, 0.1) is 6.61 Å². The lowest BCUT2D eigenvalue weighted by atomic mass is 10.1. The van der Waals surface area contributed by atoms with E-state index in [1.54, 1.807) is 0 Å². The number of hydrogen-bond acceptors (Lipinski definition) is 6. The first kappa shape index (κ1) is 16.1. The maximum Gasteiger partial charge on any atom is 0.251 e. The van der Waals surface area contributed by atoms with Crippen molar-refractivity contribution in [1.29, 1.82) is 0 Å². The van der Waals surface area contributed by atoms with Gasteiger partial charge < -0.3 is 19.2 Å². The van der Waals surface area contributed by atoms with Gasteiger partial charge in [0.1, 0.15) is 25.1 Å². The first-order valence-electron chi connectivity index (χ1n) is 8.48. The van der Waals surface area contributed by atoms with E-state index in [1.165, 1.54) is 6.07 Å². The van der Waals surface area contributed by atoms with Gasteiger partial charge in [-0.25, -0.2) is 4.98 Å². The van der Waals surface area contributed by atoms with Crippen LogP contribution in [-0.4, -0.2) is 47.8 Å². The summed E-state index contributed by atoms with van der Waals surface area (Å²) in [5.74, 6) is 2.20. The van der Waals surface area contributed by atoms with Crippen LogP contribution in [0.25, 0.3) is 0 Å². The number of fused-ring (bicyclic) bond motifs is 1. The summed E-state index contributed by atoms with van der Waals surface area (Å²) in [6.07, 6.45) is -0.224. The van der Waals surface area contributed by atoms with Crippen LogP contribution in [0, 0.1) is 6.92 Å². The summed E-state index contributed by atoms with van der Waals surface area (Å²) < 4.78 is 17.0. The van der Waals surface area contributed by atoms with Crippen molar-refractivity contribution in [1.82, 2.24) is 14.9 Å². The van der Waals surface area contributed by atoms with Crippen molar-refractivity contribution in [3.8, 4) is 11.5 Å². The molecule has 25 heavy (non-hydrogen) atoms. The third-order valence-electron chi connectivity index (χ3n) is 4.36. The molecule has 1 atom stereocenters. The summed E-state index contributed by atoms with van der Waals surface area (Å²) in [4.78, 5) is 21.2. The Morgan fingerprint density at radius 2 is 2.04 bits per heavy atom. The van der Waals surface area contributed by atoms with Crippen molar-refractivity contribution in [2.45, 2.75) is 19.6 Å². The third kappa shape index (κ3) is 3.67. The second-order valence-corrected chi connectivity index (χ2v) is 6.34. The van der Waals surface area contributed by atoms with E-state index in [-0.39, 0.29) is 11.7 Å². The number of nitrogens with one attached hydrogen (secondary N) is 1. The number of benzene rings is 1. The summed E-state index contributed by atoms with van der Waals surface area (Å²) in [6, 6.07) is 7.54. The molecule has 4 rings (SSSR count). The molecule has 3 heterocycles. The molecule has 132 valence electrons. The predicted molar refractivity (Wildman–Crippen MR) is 91.0 cm³/mol. The van der Waals surface area contributed by atoms with Crippen LogP contribution in [-0.2, 0) is 11.3 Å².